The van der Waals surface area contributed by atoms with Crippen LogP contribution in [0, 0.1) is 18.3 Å². The van der Waals surface area contributed by atoms with E-state index >= 15 is 0 Å². The van der Waals surface area contributed by atoms with Crippen LogP contribution in [0.1, 0.15) is 57.1 Å². The van der Waals surface area contributed by atoms with Gasteiger partial charge in [0.1, 0.15) is 5.75 Å². The van der Waals surface area contributed by atoms with Crippen molar-refractivity contribution >= 4 is 10.1 Å². The van der Waals surface area contributed by atoms with Crippen LogP contribution in [0.2, 0.25) is 0 Å². The van der Waals surface area contributed by atoms with E-state index in [2.05, 4.69) is 20.8 Å². The van der Waals surface area contributed by atoms with Gasteiger partial charge < -0.3 is 4.74 Å². The molecule has 0 aliphatic heterocycles. The minimum Gasteiger partial charge on any atom is -0.496 e. The Morgan fingerprint density at radius 2 is 1.62 bits per heavy atom. The van der Waals surface area contributed by atoms with Gasteiger partial charge in [-0.1, -0.05) is 56.7 Å². The predicted octanol–water partition coefficient (Wildman–Crippen LogP) is 5.71. The van der Waals surface area contributed by atoms with E-state index < -0.39 is 16.2 Å². The van der Waals surface area contributed by atoms with Crippen molar-refractivity contribution in [2.24, 2.45) is 11.3 Å². The lowest BCUT2D eigenvalue weighted by atomic mass is 9.66. The number of para-hydroxylation sites is 1. The number of hydrogen-bond acceptors (Lipinski definition) is 4. The average molecular weight is 417 g/mol. The first-order valence-corrected chi connectivity index (χ1v) is 11.7. The highest BCUT2D eigenvalue weighted by molar-refractivity contribution is 7.86. The van der Waals surface area contributed by atoms with Crippen LogP contribution < -0.4 is 4.74 Å². The van der Waals surface area contributed by atoms with E-state index in [0.717, 1.165) is 29.7 Å². The molecule has 5 heteroatoms. The lowest BCUT2D eigenvalue weighted by Crippen LogP contribution is -2.36. The van der Waals surface area contributed by atoms with Crippen LogP contribution >= 0.6 is 0 Å². The SMILES string of the molecule is COc1ccccc1[C@H]1C[C@@H](C(C)(C)C)CC[C@@H]1OS(=O)(=O)c1ccc(C)cc1. The first-order chi connectivity index (χ1) is 13.6. The van der Waals surface area contributed by atoms with Gasteiger partial charge in [-0.2, -0.15) is 8.42 Å². The van der Waals surface area contributed by atoms with Gasteiger partial charge in [0, 0.05) is 5.92 Å². The molecule has 0 saturated heterocycles. The summed E-state index contributed by atoms with van der Waals surface area (Å²) in [5, 5.41) is 0. The third-order valence-electron chi connectivity index (χ3n) is 6.11. The third-order valence-corrected chi connectivity index (χ3v) is 7.46. The van der Waals surface area contributed by atoms with Gasteiger partial charge in [-0.25, -0.2) is 0 Å². The number of hydrogen-bond donors (Lipinski definition) is 0. The summed E-state index contributed by atoms with van der Waals surface area (Å²) in [4.78, 5) is 0.208. The molecule has 1 aliphatic carbocycles. The maximum absolute atomic E-state index is 13.0. The molecule has 29 heavy (non-hydrogen) atoms. The molecular formula is C24H32O4S. The fourth-order valence-corrected chi connectivity index (χ4v) is 5.40. The van der Waals surface area contributed by atoms with Crippen LogP contribution in [0.15, 0.2) is 53.4 Å². The number of ether oxygens (including phenoxy) is 1. The fourth-order valence-electron chi connectivity index (χ4n) is 4.27. The lowest BCUT2D eigenvalue weighted by Gasteiger charge is -2.41. The predicted molar refractivity (Wildman–Crippen MR) is 116 cm³/mol. The molecule has 0 bridgehead atoms. The Kier molecular flexibility index (Phi) is 6.39. The Morgan fingerprint density at radius 3 is 2.24 bits per heavy atom. The summed E-state index contributed by atoms with van der Waals surface area (Å²) in [5.41, 5.74) is 2.19. The zero-order valence-electron chi connectivity index (χ0n) is 18.0. The molecule has 3 atom stereocenters. The number of methoxy groups -OCH3 is 1. The molecule has 1 aliphatic rings. The molecular weight excluding hydrogens is 384 g/mol. The van der Waals surface area contributed by atoms with E-state index in [-0.39, 0.29) is 16.2 Å². The van der Waals surface area contributed by atoms with Crippen molar-refractivity contribution in [3.63, 3.8) is 0 Å². The van der Waals surface area contributed by atoms with Crippen molar-refractivity contribution in [3.05, 3.63) is 59.7 Å². The summed E-state index contributed by atoms with van der Waals surface area (Å²) in [6, 6.07) is 14.7. The van der Waals surface area contributed by atoms with E-state index in [1.807, 2.05) is 31.2 Å². The summed E-state index contributed by atoms with van der Waals surface area (Å²) in [6.07, 6.45) is 2.12. The van der Waals surface area contributed by atoms with Crippen molar-refractivity contribution in [1.29, 1.82) is 0 Å². The Balaban J connectivity index is 1.94. The van der Waals surface area contributed by atoms with Crippen molar-refractivity contribution in [2.45, 2.75) is 63.9 Å². The Morgan fingerprint density at radius 1 is 0.966 bits per heavy atom. The van der Waals surface area contributed by atoms with Crippen molar-refractivity contribution in [2.75, 3.05) is 7.11 Å². The lowest BCUT2D eigenvalue weighted by molar-refractivity contribution is 0.0704. The summed E-state index contributed by atoms with van der Waals surface area (Å²) < 4.78 is 37.4. The molecule has 0 heterocycles. The highest BCUT2D eigenvalue weighted by Gasteiger charge is 2.40. The molecule has 0 N–H and O–H groups in total. The van der Waals surface area contributed by atoms with E-state index in [1.165, 1.54) is 0 Å². The monoisotopic (exact) mass is 416 g/mol. The van der Waals surface area contributed by atoms with E-state index in [4.69, 9.17) is 8.92 Å². The van der Waals surface area contributed by atoms with Crippen LogP contribution in [0.25, 0.3) is 0 Å². The number of rotatable bonds is 5. The molecule has 1 fully saturated rings. The van der Waals surface area contributed by atoms with E-state index in [0.29, 0.717) is 12.3 Å². The minimum absolute atomic E-state index is 0.0376. The van der Waals surface area contributed by atoms with Gasteiger partial charge in [-0.15, -0.1) is 0 Å². The average Bonchev–Trinajstić information content (AvgIpc) is 2.67. The maximum atomic E-state index is 13.0. The second-order valence-corrected chi connectivity index (χ2v) is 10.7. The van der Waals surface area contributed by atoms with Gasteiger partial charge in [-0.3, -0.25) is 4.18 Å². The van der Waals surface area contributed by atoms with E-state index in [1.54, 1.807) is 31.4 Å². The summed E-state index contributed by atoms with van der Waals surface area (Å²) in [6.45, 7) is 8.69. The first kappa shape index (κ1) is 21.8. The van der Waals surface area contributed by atoms with Gasteiger partial charge in [0.25, 0.3) is 10.1 Å². The Hall–Kier alpha value is -1.85. The molecule has 2 aromatic carbocycles. The van der Waals surface area contributed by atoms with Crippen LogP contribution in [0.4, 0.5) is 0 Å². The molecule has 0 unspecified atom stereocenters. The normalized spacial score (nSPS) is 23.0. The Labute approximate surface area is 175 Å². The zero-order valence-corrected chi connectivity index (χ0v) is 18.8. The van der Waals surface area contributed by atoms with Crippen molar-refractivity contribution in [1.82, 2.24) is 0 Å². The second kappa shape index (κ2) is 8.49. The molecule has 0 aromatic heterocycles. The van der Waals surface area contributed by atoms with Gasteiger partial charge in [-0.05, 0) is 61.3 Å². The smallest absolute Gasteiger partial charge is 0.297 e. The molecule has 4 nitrogen and oxygen atoms in total. The van der Waals surface area contributed by atoms with Crippen molar-refractivity contribution in [3.8, 4) is 5.75 Å². The molecule has 1 saturated carbocycles. The number of aryl methyl sites for hydroxylation is 1. The Bertz CT molecular complexity index is 926. The minimum atomic E-state index is -3.83. The van der Waals surface area contributed by atoms with Gasteiger partial charge in [0.05, 0.1) is 18.1 Å². The molecule has 0 amide bonds. The van der Waals surface area contributed by atoms with Gasteiger partial charge in [0.15, 0.2) is 0 Å². The van der Waals surface area contributed by atoms with Gasteiger partial charge in [0.2, 0.25) is 0 Å². The third kappa shape index (κ3) is 5.01. The van der Waals surface area contributed by atoms with Crippen LogP contribution in [0.3, 0.4) is 0 Å². The van der Waals surface area contributed by atoms with Crippen LogP contribution in [-0.4, -0.2) is 21.6 Å². The first-order valence-electron chi connectivity index (χ1n) is 10.2. The van der Waals surface area contributed by atoms with Crippen LogP contribution in [0.5, 0.6) is 5.75 Å². The molecule has 0 radical (unpaired) electrons. The van der Waals surface area contributed by atoms with E-state index in [9.17, 15) is 8.42 Å². The molecule has 158 valence electrons. The fraction of sp³-hybridized carbons (Fsp3) is 0.500. The largest absolute Gasteiger partial charge is 0.496 e. The molecule has 3 rings (SSSR count). The number of benzene rings is 2. The maximum Gasteiger partial charge on any atom is 0.297 e. The summed E-state index contributed by atoms with van der Waals surface area (Å²) >= 11 is 0. The second-order valence-electron chi connectivity index (χ2n) is 9.13. The topological polar surface area (TPSA) is 52.6 Å². The highest BCUT2D eigenvalue weighted by Crippen LogP contribution is 2.47. The summed E-state index contributed by atoms with van der Waals surface area (Å²) in [5.74, 6) is 1.23. The summed E-state index contributed by atoms with van der Waals surface area (Å²) in [7, 11) is -2.18. The van der Waals surface area contributed by atoms with Crippen molar-refractivity contribution < 1.29 is 17.3 Å². The highest BCUT2D eigenvalue weighted by atomic mass is 32.2. The molecule has 0 spiro atoms. The van der Waals surface area contributed by atoms with Gasteiger partial charge >= 0.3 is 0 Å². The zero-order chi connectivity index (χ0) is 21.2. The standard InChI is InChI=1S/C24H32O4S/c1-17-10-13-19(14-11-17)29(25,26)28-23-15-12-18(24(2,3)4)16-21(23)20-8-6-7-9-22(20)27-5/h6-11,13-14,18,21,23H,12,15-16H2,1-5H3/t18-,21+,23-/m0/s1. The van der Waals surface area contributed by atoms with Crippen LogP contribution in [-0.2, 0) is 14.3 Å². The molecule has 2 aromatic rings. The quantitative estimate of drug-likeness (QED) is 0.586.